The van der Waals surface area contributed by atoms with E-state index in [1.54, 1.807) is 55.6 Å². The lowest BCUT2D eigenvalue weighted by atomic mass is 10.2. The molecule has 0 radical (unpaired) electrons. The topological polar surface area (TPSA) is 107 Å². The number of hydrogen-bond donors (Lipinski definition) is 2. The number of anilines is 1. The van der Waals surface area contributed by atoms with E-state index >= 15 is 0 Å². The first kappa shape index (κ1) is 22.3. The van der Waals surface area contributed by atoms with Gasteiger partial charge >= 0.3 is 0 Å². The molecule has 1 aromatic heterocycles. The van der Waals surface area contributed by atoms with Crippen molar-refractivity contribution in [2.45, 2.75) is 38.8 Å². The summed E-state index contributed by atoms with van der Waals surface area (Å²) >= 11 is 0. The summed E-state index contributed by atoms with van der Waals surface area (Å²) in [7, 11) is 1.57. The molecule has 2 amide bonds. The summed E-state index contributed by atoms with van der Waals surface area (Å²) in [5, 5.41) is 14.1. The molecular weight excluding hydrogens is 422 g/mol. The van der Waals surface area contributed by atoms with E-state index in [-0.39, 0.29) is 18.4 Å². The van der Waals surface area contributed by atoms with Crippen LogP contribution in [0.2, 0.25) is 0 Å². The van der Waals surface area contributed by atoms with Crippen molar-refractivity contribution in [3.63, 3.8) is 0 Å². The van der Waals surface area contributed by atoms with Gasteiger partial charge in [-0.05, 0) is 49.2 Å². The minimum atomic E-state index is -0.294. The van der Waals surface area contributed by atoms with Gasteiger partial charge in [0.1, 0.15) is 17.3 Å². The largest absolute Gasteiger partial charge is 0.497 e. The number of nitrogens with one attached hydrogen (secondary N) is 2. The van der Waals surface area contributed by atoms with Gasteiger partial charge in [0.25, 0.3) is 11.8 Å². The van der Waals surface area contributed by atoms with E-state index in [1.165, 1.54) is 6.42 Å². The summed E-state index contributed by atoms with van der Waals surface area (Å²) in [5.74, 6) is 2.42. The van der Waals surface area contributed by atoms with Crippen molar-refractivity contribution in [2.75, 3.05) is 19.0 Å². The molecule has 9 heteroatoms. The molecule has 0 bridgehead atoms. The number of fused-ring (bicyclic) bond motifs is 1. The highest BCUT2D eigenvalue weighted by Crippen LogP contribution is 2.17. The average Bonchev–Trinajstić information content (AvgIpc) is 3.07. The Kier molecular flexibility index (Phi) is 7.19. The number of hydrogen-bond acceptors (Lipinski definition) is 6. The quantitative estimate of drug-likeness (QED) is 0.548. The highest BCUT2D eigenvalue weighted by molar-refractivity contribution is 5.94. The fourth-order valence-electron chi connectivity index (χ4n) is 3.69. The maximum absolute atomic E-state index is 12.5. The minimum Gasteiger partial charge on any atom is -0.497 e. The number of aryl methyl sites for hydroxylation is 1. The van der Waals surface area contributed by atoms with Crippen LogP contribution in [-0.4, -0.2) is 40.3 Å². The molecule has 4 rings (SSSR count). The van der Waals surface area contributed by atoms with Gasteiger partial charge < -0.3 is 24.7 Å². The van der Waals surface area contributed by atoms with Crippen LogP contribution in [0.3, 0.4) is 0 Å². The number of rotatable bonds is 8. The summed E-state index contributed by atoms with van der Waals surface area (Å²) in [6, 6.07) is 13.7. The van der Waals surface area contributed by atoms with Crippen molar-refractivity contribution >= 4 is 17.5 Å². The van der Waals surface area contributed by atoms with E-state index in [2.05, 4.69) is 25.4 Å². The summed E-state index contributed by atoms with van der Waals surface area (Å²) in [4.78, 5) is 24.7. The van der Waals surface area contributed by atoms with Crippen LogP contribution in [0.5, 0.6) is 11.5 Å². The third-order valence-corrected chi connectivity index (χ3v) is 5.43. The Morgan fingerprint density at radius 3 is 2.70 bits per heavy atom. The molecule has 0 unspecified atom stereocenters. The second-order valence-corrected chi connectivity index (χ2v) is 7.77. The van der Waals surface area contributed by atoms with Crippen molar-refractivity contribution < 1.29 is 19.1 Å². The number of carbonyl (C=O) groups is 2. The first-order valence-corrected chi connectivity index (χ1v) is 11.0. The SMILES string of the molecule is COc1cccc(NC(=O)COc2ccc(C(=O)NCc3nnc4n3CCCCC4)cc2)c1. The molecular formula is C24H27N5O4. The van der Waals surface area contributed by atoms with Gasteiger partial charge in [-0.2, -0.15) is 0 Å². The zero-order valence-corrected chi connectivity index (χ0v) is 18.5. The molecule has 0 atom stereocenters. The van der Waals surface area contributed by atoms with Gasteiger partial charge in [0, 0.05) is 30.3 Å². The summed E-state index contributed by atoms with van der Waals surface area (Å²) in [5.41, 5.74) is 1.12. The molecule has 0 spiro atoms. The Balaban J connectivity index is 1.26. The molecule has 2 heterocycles. The third-order valence-electron chi connectivity index (χ3n) is 5.43. The highest BCUT2D eigenvalue weighted by Gasteiger charge is 2.15. The molecule has 2 aromatic carbocycles. The van der Waals surface area contributed by atoms with Gasteiger partial charge in [0.2, 0.25) is 0 Å². The fraction of sp³-hybridized carbons (Fsp3) is 0.333. The van der Waals surface area contributed by atoms with E-state index in [9.17, 15) is 9.59 Å². The van der Waals surface area contributed by atoms with Crippen LogP contribution in [0.1, 0.15) is 41.3 Å². The van der Waals surface area contributed by atoms with E-state index in [0.717, 1.165) is 37.5 Å². The van der Waals surface area contributed by atoms with Crippen molar-refractivity contribution in [1.29, 1.82) is 0 Å². The molecule has 9 nitrogen and oxygen atoms in total. The van der Waals surface area contributed by atoms with Gasteiger partial charge in [-0.15, -0.1) is 10.2 Å². The first-order valence-electron chi connectivity index (χ1n) is 11.0. The van der Waals surface area contributed by atoms with Crippen LogP contribution in [0.25, 0.3) is 0 Å². The smallest absolute Gasteiger partial charge is 0.262 e. The molecule has 3 aromatic rings. The number of carbonyl (C=O) groups excluding carboxylic acids is 2. The molecule has 0 saturated carbocycles. The van der Waals surface area contributed by atoms with Crippen molar-refractivity contribution in [3.8, 4) is 11.5 Å². The Morgan fingerprint density at radius 1 is 1.03 bits per heavy atom. The molecule has 1 aliphatic heterocycles. The van der Waals surface area contributed by atoms with E-state index in [4.69, 9.17) is 9.47 Å². The van der Waals surface area contributed by atoms with Gasteiger partial charge in [0.05, 0.1) is 13.7 Å². The molecule has 1 aliphatic rings. The number of aromatic nitrogens is 3. The number of benzene rings is 2. The maximum Gasteiger partial charge on any atom is 0.262 e. The van der Waals surface area contributed by atoms with Gasteiger partial charge in [-0.25, -0.2) is 0 Å². The lowest BCUT2D eigenvalue weighted by Crippen LogP contribution is -2.25. The lowest BCUT2D eigenvalue weighted by Gasteiger charge is -2.10. The summed E-state index contributed by atoms with van der Waals surface area (Å²) in [6.07, 6.45) is 4.35. The van der Waals surface area contributed by atoms with Gasteiger partial charge in [0.15, 0.2) is 12.4 Å². The van der Waals surface area contributed by atoms with Gasteiger partial charge in [-0.3, -0.25) is 9.59 Å². The van der Waals surface area contributed by atoms with E-state index in [1.807, 2.05) is 0 Å². The minimum absolute atomic E-state index is 0.152. The second kappa shape index (κ2) is 10.6. The van der Waals surface area contributed by atoms with Gasteiger partial charge in [-0.1, -0.05) is 12.5 Å². The number of nitrogens with zero attached hydrogens (tertiary/aromatic N) is 3. The van der Waals surface area contributed by atoms with Crippen molar-refractivity contribution in [2.24, 2.45) is 0 Å². The molecule has 0 saturated heterocycles. The molecule has 33 heavy (non-hydrogen) atoms. The zero-order valence-electron chi connectivity index (χ0n) is 18.5. The Labute approximate surface area is 192 Å². The lowest BCUT2D eigenvalue weighted by molar-refractivity contribution is -0.118. The highest BCUT2D eigenvalue weighted by atomic mass is 16.5. The second-order valence-electron chi connectivity index (χ2n) is 7.77. The van der Waals surface area contributed by atoms with Crippen LogP contribution >= 0.6 is 0 Å². The Hall–Kier alpha value is -3.88. The summed E-state index contributed by atoms with van der Waals surface area (Å²) in [6.45, 7) is 1.07. The predicted octanol–water partition coefficient (Wildman–Crippen LogP) is 2.96. The zero-order chi connectivity index (χ0) is 23.0. The monoisotopic (exact) mass is 449 g/mol. The van der Waals surface area contributed by atoms with Crippen LogP contribution in [0, 0.1) is 0 Å². The Morgan fingerprint density at radius 2 is 1.88 bits per heavy atom. The predicted molar refractivity (Wildman–Crippen MR) is 122 cm³/mol. The third kappa shape index (κ3) is 5.88. The van der Waals surface area contributed by atoms with Crippen LogP contribution < -0.4 is 20.1 Å². The first-order chi connectivity index (χ1) is 16.1. The average molecular weight is 450 g/mol. The van der Waals surface area contributed by atoms with Crippen LogP contribution in [0.4, 0.5) is 5.69 Å². The number of ether oxygens (including phenoxy) is 2. The van der Waals surface area contributed by atoms with Crippen LogP contribution in [0.15, 0.2) is 48.5 Å². The molecule has 0 fully saturated rings. The molecule has 172 valence electrons. The maximum atomic E-state index is 12.5. The van der Waals surface area contributed by atoms with Crippen molar-refractivity contribution in [3.05, 3.63) is 65.7 Å². The Bertz CT molecular complexity index is 1110. The molecule has 2 N–H and O–H groups in total. The number of methoxy groups -OCH3 is 1. The standard InChI is InChI=1S/C24H27N5O4/c1-32-20-7-5-6-18(14-20)26-23(30)16-33-19-11-9-17(10-12-19)24(31)25-15-22-28-27-21-8-3-2-4-13-29(21)22/h5-7,9-12,14H,2-4,8,13,15-16H2,1H3,(H,25,31)(H,26,30). The molecule has 0 aliphatic carbocycles. The summed E-state index contributed by atoms with van der Waals surface area (Å²) < 4.78 is 12.8. The van der Waals surface area contributed by atoms with Crippen LogP contribution in [-0.2, 0) is 24.3 Å². The van der Waals surface area contributed by atoms with Crippen molar-refractivity contribution in [1.82, 2.24) is 20.1 Å². The normalized spacial score (nSPS) is 12.9. The number of amides is 2. The van der Waals surface area contributed by atoms with E-state index in [0.29, 0.717) is 29.3 Å². The fourth-order valence-corrected chi connectivity index (χ4v) is 3.69. The van der Waals surface area contributed by atoms with E-state index < -0.39 is 0 Å².